The number of rotatable bonds is 3. The average Bonchev–Trinajstić information content (AvgIpc) is 2.51. The van der Waals surface area contributed by atoms with Gasteiger partial charge in [-0.3, -0.25) is 9.48 Å². The lowest BCUT2D eigenvalue weighted by Gasteiger charge is -2.23. The standard InChI is InChI=1S/C11H17N5O/c1-7(5-6-12)15(3)11(17)10-9(13)8(2)14-16(10)4/h7H,5,13H2,1-4H3. The molecule has 1 heterocycles. The Balaban J connectivity index is 3.01. The normalized spacial score (nSPS) is 11.9. The Morgan fingerprint density at radius 2 is 2.29 bits per heavy atom. The van der Waals surface area contributed by atoms with Crippen LogP contribution in [0.4, 0.5) is 5.69 Å². The molecule has 17 heavy (non-hydrogen) atoms. The van der Waals surface area contributed by atoms with Gasteiger partial charge in [0.25, 0.3) is 5.91 Å². The smallest absolute Gasteiger partial charge is 0.274 e. The first-order valence-corrected chi connectivity index (χ1v) is 5.33. The molecule has 0 radical (unpaired) electrons. The minimum Gasteiger partial charge on any atom is -0.395 e. The van der Waals surface area contributed by atoms with Crippen LogP contribution in [-0.4, -0.2) is 33.7 Å². The molecule has 1 unspecified atom stereocenters. The van der Waals surface area contributed by atoms with E-state index in [0.717, 1.165) is 0 Å². The van der Waals surface area contributed by atoms with Crippen molar-refractivity contribution in [2.75, 3.05) is 12.8 Å². The van der Waals surface area contributed by atoms with Crippen molar-refractivity contribution in [1.29, 1.82) is 5.26 Å². The number of carbonyl (C=O) groups is 1. The van der Waals surface area contributed by atoms with Crippen molar-refractivity contribution in [3.05, 3.63) is 11.4 Å². The fourth-order valence-corrected chi connectivity index (χ4v) is 1.56. The van der Waals surface area contributed by atoms with Gasteiger partial charge in [0.1, 0.15) is 5.69 Å². The van der Waals surface area contributed by atoms with E-state index in [1.54, 1.807) is 21.0 Å². The van der Waals surface area contributed by atoms with E-state index in [1.807, 2.05) is 13.0 Å². The first-order valence-electron chi connectivity index (χ1n) is 5.33. The van der Waals surface area contributed by atoms with Crippen LogP contribution in [0.1, 0.15) is 29.5 Å². The van der Waals surface area contributed by atoms with Crippen LogP contribution >= 0.6 is 0 Å². The number of carbonyl (C=O) groups excluding carboxylic acids is 1. The summed E-state index contributed by atoms with van der Waals surface area (Å²) >= 11 is 0. The number of nitriles is 1. The van der Waals surface area contributed by atoms with Gasteiger partial charge in [-0.1, -0.05) is 0 Å². The molecule has 0 aliphatic carbocycles. The summed E-state index contributed by atoms with van der Waals surface area (Å²) in [6.07, 6.45) is 0.291. The highest BCUT2D eigenvalue weighted by atomic mass is 16.2. The third kappa shape index (κ3) is 2.38. The van der Waals surface area contributed by atoms with E-state index in [1.165, 1.54) is 9.58 Å². The number of hydrogen-bond acceptors (Lipinski definition) is 4. The highest BCUT2D eigenvalue weighted by molar-refractivity contribution is 5.98. The van der Waals surface area contributed by atoms with Gasteiger partial charge < -0.3 is 10.6 Å². The summed E-state index contributed by atoms with van der Waals surface area (Å²) in [5.74, 6) is -0.214. The van der Waals surface area contributed by atoms with E-state index in [2.05, 4.69) is 5.10 Å². The number of aromatic nitrogens is 2. The van der Waals surface area contributed by atoms with E-state index in [-0.39, 0.29) is 11.9 Å². The van der Waals surface area contributed by atoms with Crippen molar-refractivity contribution in [3.63, 3.8) is 0 Å². The first-order chi connectivity index (χ1) is 7.90. The second kappa shape index (κ2) is 4.87. The summed E-state index contributed by atoms with van der Waals surface area (Å²) < 4.78 is 1.47. The average molecular weight is 235 g/mol. The van der Waals surface area contributed by atoms with Crippen LogP contribution in [-0.2, 0) is 7.05 Å². The van der Waals surface area contributed by atoms with E-state index >= 15 is 0 Å². The number of nitrogen functional groups attached to an aromatic ring is 1. The lowest BCUT2D eigenvalue weighted by molar-refractivity contribution is 0.0736. The Morgan fingerprint density at radius 3 is 2.71 bits per heavy atom. The van der Waals surface area contributed by atoms with Crippen molar-refractivity contribution < 1.29 is 4.79 Å². The van der Waals surface area contributed by atoms with Crippen LogP contribution in [0.15, 0.2) is 0 Å². The van der Waals surface area contributed by atoms with Gasteiger partial charge in [0, 0.05) is 20.1 Å². The number of nitrogens with zero attached hydrogens (tertiary/aromatic N) is 4. The molecular weight excluding hydrogens is 218 g/mol. The first kappa shape index (κ1) is 13.0. The number of amides is 1. The lowest BCUT2D eigenvalue weighted by Crippen LogP contribution is -2.36. The summed E-state index contributed by atoms with van der Waals surface area (Å²) in [5, 5.41) is 12.7. The van der Waals surface area contributed by atoms with Crippen LogP contribution in [0.25, 0.3) is 0 Å². The van der Waals surface area contributed by atoms with Gasteiger partial charge in [0.15, 0.2) is 0 Å². The summed E-state index contributed by atoms with van der Waals surface area (Å²) in [6.45, 7) is 3.57. The Kier molecular flexibility index (Phi) is 3.73. The second-order valence-corrected chi connectivity index (χ2v) is 4.10. The summed E-state index contributed by atoms with van der Waals surface area (Å²) in [7, 11) is 3.34. The van der Waals surface area contributed by atoms with Crippen molar-refractivity contribution >= 4 is 11.6 Å². The maximum Gasteiger partial charge on any atom is 0.274 e. The SMILES string of the molecule is Cc1nn(C)c(C(=O)N(C)C(C)CC#N)c1N. The fraction of sp³-hybridized carbons (Fsp3) is 0.545. The molecule has 0 aromatic carbocycles. The van der Waals surface area contributed by atoms with Gasteiger partial charge >= 0.3 is 0 Å². The van der Waals surface area contributed by atoms with Gasteiger partial charge in [-0.05, 0) is 13.8 Å². The van der Waals surface area contributed by atoms with E-state index in [4.69, 9.17) is 11.0 Å². The molecule has 6 nitrogen and oxygen atoms in total. The molecule has 0 saturated carbocycles. The highest BCUT2D eigenvalue weighted by Crippen LogP contribution is 2.18. The highest BCUT2D eigenvalue weighted by Gasteiger charge is 2.24. The zero-order valence-corrected chi connectivity index (χ0v) is 10.6. The zero-order chi connectivity index (χ0) is 13.2. The molecule has 92 valence electrons. The number of aryl methyl sites for hydroxylation is 2. The zero-order valence-electron chi connectivity index (χ0n) is 10.6. The quantitative estimate of drug-likeness (QED) is 0.834. The van der Waals surface area contributed by atoms with Gasteiger partial charge in [-0.15, -0.1) is 0 Å². The predicted molar refractivity (Wildman–Crippen MR) is 64.1 cm³/mol. The molecule has 0 saturated heterocycles. The van der Waals surface area contributed by atoms with Gasteiger partial charge in [0.2, 0.25) is 0 Å². The van der Waals surface area contributed by atoms with Gasteiger partial charge in [0.05, 0.1) is 23.9 Å². The van der Waals surface area contributed by atoms with Crippen molar-refractivity contribution in [2.45, 2.75) is 26.3 Å². The molecule has 0 aliphatic rings. The van der Waals surface area contributed by atoms with E-state index in [0.29, 0.717) is 23.5 Å². The maximum absolute atomic E-state index is 12.2. The largest absolute Gasteiger partial charge is 0.395 e. The van der Waals surface area contributed by atoms with Crippen LogP contribution < -0.4 is 5.73 Å². The Morgan fingerprint density at radius 1 is 1.71 bits per heavy atom. The predicted octanol–water partition coefficient (Wildman–Crippen LogP) is 0.685. The monoisotopic (exact) mass is 235 g/mol. The van der Waals surface area contributed by atoms with Crippen LogP contribution in [0.3, 0.4) is 0 Å². The number of anilines is 1. The number of nitrogens with two attached hydrogens (primary N) is 1. The molecule has 1 rings (SSSR count). The van der Waals surface area contributed by atoms with Gasteiger partial charge in [-0.25, -0.2) is 0 Å². The molecule has 1 atom stereocenters. The molecule has 1 amide bonds. The van der Waals surface area contributed by atoms with Crippen LogP contribution in [0, 0.1) is 18.3 Å². The Bertz CT molecular complexity index is 471. The van der Waals surface area contributed by atoms with Gasteiger partial charge in [-0.2, -0.15) is 10.4 Å². The third-order valence-electron chi connectivity index (χ3n) is 2.84. The molecule has 0 fully saturated rings. The van der Waals surface area contributed by atoms with E-state index in [9.17, 15) is 4.79 Å². The fourth-order valence-electron chi connectivity index (χ4n) is 1.56. The van der Waals surface area contributed by atoms with Crippen LogP contribution in [0.2, 0.25) is 0 Å². The Hall–Kier alpha value is -2.03. The molecular formula is C11H17N5O. The molecule has 0 bridgehead atoms. The lowest BCUT2D eigenvalue weighted by atomic mass is 10.2. The summed E-state index contributed by atoms with van der Waals surface area (Å²) in [5.41, 5.74) is 7.22. The second-order valence-electron chi connectivity index (χ2n) is 4.10. The number of hydrogen-bond donors (Lipinski definition) is 1. The van der Waals surface area contributed by atoms with E-state index < -0.39 is 0 Å². The molecule has 0 spiro atoms. The Labute approximate surface area is 101 Å². The summed E-state index contributed by atoms with van der Waals surface area (Å²) in [6, 6.07) is 1.89. The molecule has 6 heteroatoms. The van der Waals surface area contributed by atoms with Crippen molar-refractivity contribution in [1.82, 2.24) is 14.7 Å². The minimum absolute atomic E-state index is 0.151. The molecule has 0 aliphatic heterocycles. The molecule has 1 aromatic heterocycles. The molecule has 1 aromatic rings. The third-order valence-corrected chi connectivity index (χ3v) is 2.84. The van der Waals surface area contributed by atoms with Crippen molar-refractivity contribution in [2.24, 2.45) is 7.05 Å². The van der Waals surface area contributed by atoms with Crippen LogP contribution in [0.5, 0.6) is 0 Å². The topological polar surface area (TPSA) is 87.9 Å². The maximum atomic E-state index is 12.2. The van der Waals surface area contributed by atoms with Crippen molar-refractivity contribution in [3.8, 4) is 6.07 Å². The summed E-state index contributed by atoms with van der Waals surface area (Å²) in [4.78, 5) is 13.7. The minimum atomic E-state index is -0.214. The molecule has 2 N–H and O–H groups in total.